The molecule has 5 nitrogen and oxygen atoms in total. The quantitative estimate of drug-likeness (QED) is 0.900. The minimum atomic E-state index is -0.871. The number of hydrogen-bond donors (Lipinski definition) is 1. The van der Waals surface area contributed by atoms with E-state index < -0.39 is 11.4 Å². The summed E-state index contributed by atoms with van der Waals surface area (Å²) in [5.41, 5.74) is -0.0353. The van der Waals surface area contributed by atoms with E-state index in [4.69, 9.17) is 4.74 Å². The molecule has 1 heterocycles. The third kappa shape index (κ3) is 3.05. The van der Waals surface area contributed by atoms with Gasteiger partial charge in [0.25, 0.3) is 0 Å². The second-order valence-corrected chi connectivity index (χ2v) is 6.95. The molecule has 1 saturated carbocycles. The number of likely N-dealkylation sites (tertiary alicyclic amines) is 1. The van der Waals surface area contributed by atoms with Crippen LogP contribution >= 0.6 is 0 Å². The van der Waals surface area contributed by atoms with E-state index in [-0.39, 0.29) is 12.0 Å². The third-order valence-corrected chi connectivity index (χ3v) is 5.79. The molecule has 24 heavy (non-hydrogen) atoms. The van der Waals surface area contributed by atoms with Crippen LogP contribution in [0.15, 0.2) is 30.3 Å². The molecule has 2 fully saturated rings. The highest BCUT2D eigenvalue weighted by atomic mass is 16.5. The Labute approximate surface area is 142 Å². The van der Waals surface area contributed by atoms with Crippen LogP contribution in [-0.2, 0) is 19.7 Å². The van der Waals surface area contributed by atoms with Crippen LogP contribution in [0.5, 0.6) is 0 Å². The van der Waals surface area contributed by atoms with Crippen molar-refractivity contribution in [1.29, 1.82) is 0 Å². The Kier molecular flexibility index (Phi) is 4.90. The van der Waals surface area contributed by atoms with Crippen LogP contribution in [0.1, 0.15) is 37.7 Å². The number of nitrogens with zero attached hydrogens (tertiary/aromatic N) is 1. The molecule has 1 aliphatic carbocycles. The third-order valence-electron chi connectivity index (χ3n) is 5.79. The molecular weight excluding hydrogens is 306 g/mol. The molecule has 1 N–H and O–H groups in total. The molecule has 0 bridgehead atoms. The number of benzene rings is 1. The van der Waals surface area contributed by atoms with Crippen molar-refractivity contribution in [1.82, 2.24) is 4.90 Å². The summed E-state index contributed by atoms with van der Waals surface area (Å²) < 4.78 is 5.36. The Hall–Kier alpha value is -1.88. The molecule has 0 spiro atoms. The van der Waals surface area contributed by atoms with Gasteiger partial charge in [0.1, 0.15) is 0 Å². The van der Waals surface area contributed by atoms with Gasteiger partial charge in [-0.25, -0.2) is 0 Å². The van der Waals surface area contributed by atoms with Gasteiger partial charge in [0.15, 0.2) is 0 Å². The first-order valence-corrected chi connectivity index (χ1v) is 8.66. The summed E-state index contributed by atoms with van der Waals surface area (Å²) in [7, 11) is 1.70. The molecule has 0 radical (unpaired) electrons. The minimum absolute atomic E-state index is 0.133. The first kappa shape index (κ1) is 17.0. The largest absolute Gasteiger partial charge is 0.481 e. The van der Waals surface area contributed by atoms with Gasteiger partial charge in [-0.15, -0.1) is 0 Å². The van der Waals surface area contributed by atoms with Crippen LogP contribution in [0, 0.1) is 5.92 Å². The average Bonchev–Trinajstić information content (AvgIpc) is 2.59. The average molecular weight is 331 g/mol. The van der Waals surface area contributed by atoms with Crippen LogP contribution in [0.4, 0.5) is 0 Å². The van der Waals surface area contributed by atoms with E-state index in [1.165, 1.54) is 0 Å². The summed E-state index contributed by atoms with van der Waals surface area (Å²) in [4.78, 5) is 26.3. The van der Waals surface area contributed by atoms with Gasteiger partial charge in [0, 0.05) is 26.6 Å². The molecule has 3 rings (SSSR count). The highest BCUT2D eigenvalue weighted by Crippen LogP contribution is 2.37. The standard InChI is InChI=1S/C19H25NO4/c1-24-16-8-7-14(16)13-17(21)20-11-9-19(10-12-20,18(22)23)15-5-3-2-4-6-15/h2-6,14,16H,7-13H2,1H3,(H,22,23). The zero-order chi connectivity index (χ0) is 17.2. The van der Waals surface area contributed by atoms with E-state index in [9.17, 15) is 14.7 Å². The van der Waals surface area contributed by atoms with Gasteiger partial charge in [-0.05, 0) is 37.2 Å². The Morgan fingerprint density at radius 1 is 1.21 bits per heavy atom. The van der Waals surface area contributed by atoms with E-state index in [1.54, 1.807) is 7.11 Å². The molecule has 1 saturated heterocycles. The second-order valence-electron chi connectivity index (χ2n) is 6.95. The van der Waals surface area contributed by atoms with Crippen LogP contribution < -0.4 is 0 Å². The first-order valence-electron chi connectivity index (χ1n) is 8.66. The lowest BCUT2D eigenvalue weighted by molar-refractivity contribution is -0.149. The van der Waals surface area contributed by atoms with Gasteiger partial charge in [-0.2, -0.15) is 0 Å². The van der Waals surface area contributed by atoms with Crippen molar-refractivity contribution < 1.29 is 19.4 Å². The van der Waals surface area contributed by atoms with Gasteiger partial charge in [0.05, 0.1) is 11.5 Å². The van der Waals surface area contributed by atoms with E-state index in [0.717, 1.165) is 18.4 Å². The topological polar surface area (TPSA) is 66.8 Å². The Balaban J connectivity index is 1.63. The van der Waals surface area contributed by atoms with E-state index in [2.05, 4.69) is 0 Å². The molecular formula is C19H25NO4. The lowest BCUT2D eigenvalue weighted by atomic mass is 9.72. The maximum absolute atomic E-state index is 12.5. The lowest BCUT2D eigenvalue weighted by Gasteiger charge is -2.41. The number of carbonyl (C=O) groups excluding carboxylic acids is 1. The predicted octanol–water partition coefficient (Wildman–Crippen LogP) is 2.45. The number of ether oxygens (including phenoxy) is 1. The van der Waals surface area contributed by atoms with Crippen molar-refractivity contribution in [3.05, 3.63) is 35.9 Å². The summed E-state index contributed by atoms with van der Waals surface area (Å²) >= 11 is 0. The van der Waals surface area contributed by atoms with Crippen LogP contribution in [0.25, 0.3) is 0 Å². The highest BCUT2D eigenvalue weighted by molar-refractivity contribution is 5.83. The zero-order valence-electron chi connectivity index (χ0n) is 14.1. The maximum Gasteiger partial charge on any atom is 0.314 e. The Morgan fingerprint density at radius 3 is 2.38 bits per heavy atom. The van der Waals surface area contributed by atoms with E-state index >= 15 is 0 Å². The number of carboxylic acid groups (broad SMARTS) is 1. The molecule has 1 aromatic carbocycles. The SMILES string of the molecule is COC1CCC1CC(=O)N1CCC(C(=O)O)(c2ccccc2)CC1. The van der Waals surface area contributed by atoms with Crippen molar-refractivity contribution in [2.45, 2.75) is 43.6 Å². The van der Waals surface area contributed by atoms with Gasteiger partial charge < -0.3 is 14.7 Å². The number of hydrogen-bond acceptors (Lipinski definition) is 3. The molecule has 130 valence electrons. The smallest absolute Gasteiger partial charge is 0.314 e. The number of carboxylic acids is 1. The fourth-order valence-electron chi connectivity index (χ4n) is 3.96. The van der Waals surface area contributed by atoms with Gasteiger partial charge in [-0.1, -0.05) is 30.3 Å². The number of carbonyl (C=O) groups is 2. The maximum atomic E-state index is 12.5. The van der Waals surface area contributed by atoms with E-state index in [0.29, 0.717) is 38.3 Å². The fourth-order valence-corrected chi connectivity index (χ4v) is 3.96. The minimum Gasteiger partial charge on any atom is -0.481 e. The highest BCUT2D eigenvalue weighted by Gasteiger charge is 2.44. The van der Waals surface area contributed by atoms with Crippen LogP contribution in [0.2, 0.25) is 0 Å². The number of aliphatic carboxylic acids is 1. The Bertz CT molecular complexity index is 591. The summed E-state index contributed by atoms with van der Waals surface area (Å²) in [6.07, 6.45) is 3.74. The van der Waals surface area contributed by atoms with Gasteiger partial charge >= 0.3 is 5.97 Å². The fraction of sp³-hybridized carbons (Fsp3) is 0.579. The zero-order valence-corrected chi connectivity index (χ0v) is 14.1. The lowest BCUT2D eigenvalue weighted by Crippen LogP contribution is -2.50. The second kappa shape index (κ2) is 6.93. The van der Waals surface area contributed by atoms with Crippen LogP contribution in [0.3, 0.4) is 0 Å². The molecule has 2 atom stereocenters. The number of methoxy groups -OCH3 is 1. The van der Waals surface area contributed by atoms with Crippen molar-refractivity contribution in [3.8, 4) is 0 Å². The Morgan fingerprint density at radius 2 is 1.88 bits per heavy atom. The number of rotatable bonds is 5. The molecule has 5 heteroatoms. The van der Waals surface area contributed by atoms with Crippen molar-refractivity contribution in [2.24, 2.45) is 5.92 Å². The van der Waals surface area contributed by atoms with Crippen molar-refractivity contribution >= 4 is 11.9 Å². The number of piperidine rings is 1. The molecule has 1 aliphatic heterocycles. The first-order chi connectivity index (χ1) is 11.6. The summed E-state index contributed by atoms with van der Waals surface area (Å²) in [6, 6.07) is 9.40. The molecule has 2 aliphatic rings. The molecule has 2 unspecified atom stereocenters. The number of amides is 1. The van der Waals surface area contributed by atoms with Gasteiger partial charge in [-0.3, -0.25) is 9.59 Å². The monoisotopic (exact) mass is 331 g/mol. The normalized spacial score (nSPS) is 25.8. The van der Waals surface area contributed by atoms with Crippen molar-refractivity contribution in [3.63, 3.8) is 0 Å². The van der Waals surface area contributed by atoms with Crippen molar-refractivity contribution in [2.75, 3.05) is 20.2 Å². The summed E-state index contributed by atoms with van der Waals surface area (Å²) in [5.74, 6) is -0.337. The molecule has 1 amide bonds. The summed E-state index contributed by atoms with van der Waals surface area (Å²) in [5, 5.41) is 9.81. The van der Waals surface area contributed by atoms with Crippen LogP contribution in [-0.4, -0.2) is 48.2 Å². The summed E-state index contributed by atoms with van der Waals surface area (Å²) in [6.45, 7) is 1.01. The van der Waals surface area contributed by atoms with E-state index in [1.807, 2.05) is 35.2 Å². The molecule has 1 aromatic rings. The predicted molar refractivity (Wildman–Crippen MR) is 89.7 cm³/mol. The van der Waals surface area contributed by atoms with Gasteiger partial charge in [0.2, 0.25) is 5.91 Å². The molecule has 0 aromatic heterocycles.